The number of aliphatic hydroxyl groups is 1. The largest absolute Gasteiger partial charge is 0.394 e. The summed E-state index contributed by atoms with van der Waals surface area (Å²) in [4.78, 5) is 11.4. The molecule has 1 rings (SSSR count). The quantitative estimate of drug-likeness (QED) is 0.577. The van der Waals surface area contributed by atoms with Gasteiger partial charge in [-0.15, -0.1) is 0 Å². The molecule has 3 N–H and O–H groups in total. The summed E-state index contributed by atoms with van der Waals surface area (Å²) in [5.41, 5.74) is 3.01. The average Bonchev–Trinajstić information content (AvgIpc) is 2.40. The maximum atomic E-state index is 11.4. The molecular formula is C12H15Cl2N3O2. The lowest BCUT2D eigenvalue weighted by Gasteiger charge is -2.12. The molecule has 0 radical (unpaired) electrons. The van der Waals surface area contributed by atoms with Crippen LogP contribution in [0.2, 0.25) is 10.0 Å². The number of hydrogen-bond acceptors (Lipinski definition) is 3. The van der Waals surface area contributed by atoms with Crippen LogP contribution >= 0.6 is 23.2 Å². The Kier molecular flexibility index (Phi) is 6.62. The van der Waals surface area contributed by atoms with Crippen LogP contribution in [0, 0.1) is 0 Å². The lowest BCUT2D eigenvalue weighted by Crippen LogP contribution is -2.41. The molecule has 0 bridgehead atoms. The molecule has 1 aromatic rings. The van der Waals surface area contributed by atoms with Gasteiger partial charge >= 0.3 is 6.03 Å². The average molecular weight is 304 g/mol. The van der Waals surface area contributed by atoms with Crippen LogP contribution in [0.25, 0.3) is 0 Å². The van der Waals surface area contributed by atoms with Crippen LogP contribution in [0.15, 0.2) is 23.3 Å². The zero-order valence-electron chi connectivity index (χ0n) is 10.4. The summed E-state index contributed by atoms with van der Waals surface area (Å²) < 4.78 is 0. The summed E-state index contributed by atoms with van der Waals surface area (Å²) in [7, 11) is 0. The van der Waals surface area contributed by atoms with Crippen molar-refractivity contribution in [3.63, 3.8) is 0 Å². The molecule has 0 saturated heterocycles. The Hall–Kier alpha value is -1.30. The number of rotatable bonds is 5. The van der Waals surface area contributed by atoms with Gasteiger partial charge in [-0.05, 0) is 24.1 Å². The molecule has 7 heteroatoms. The van der Waals surface area contributed by atoms with Crippen molar-refractivity contribution < 1.29 is 9.90 Å². The van der Waals surface area contributed by atoms with Gasteiger partial charge < -0.3 is 10.4 Å². The van der Waals surface area contributed by atoms with Crippen molar-refractivity contribution >= 4 is 35.4 Å². The number of benzene rings is 1. The Morgan fingerprint density at radius 1 is 1.47 bits per heavy atom. The van der Waals surface area contributed by atoms with Crippen LogP contribution in [-0.4, -0.2) is 30.0 Å². The van der Waals surface area contributed by atoms with Crippen LogP contribution in [-0.2, 0) is 0 Å². The Labute approximate surface area is 121 Å². The van der Waals surface area contributed by atoms with Crippen molar-refractivity contribution in [3.05, 3.63) is 33.8 Å². The van der Waals surface area contributed by atoms with E-state index >= 15 is 0 Å². The molecule has 5 nitrogen and oxygen atoms in total. The lowest BCUT2D eigenvalue weighted by molar-refractivity contribution is 0.215. The van der Waals surface area contributed by atoms with Crippen molar-refractivity contribution in [2.24, 2.45) is 5.10 Å². The second kappa shape index (κ2) is 7.99. The Balaban J connectivity index is 2.49. The monoisotopic (exact) mass is 303 g/mol. The highest BCUT2D eigenvalue weighted by Gasteiger charge is 2.07. The van der Waals surface area contributed by atoms with Gasteiger partial charge in [0.15, 0.2) is 0 Å². The minimum Gasteiger partial charge on any atom is -0.394 e. The number of hydrogen-bond donors (Lipinski definition) is 3. The summed E-state index contributed by atoms with van der Waals surface area (Å²) in [6.45, 7) is 1.75. The molecule has 0 aromatic heterocycles. The topological polar surface area (TPSA) is 73.7 Å². The number of nitrogens with zero attached hydrogens (tertiary/aromatic N) is 1. The van der Waals surface area contributed by atoms with Gasteiger partial charge in [-0.2, -0.15) is 5.10 Å². The third-order valence-corrected chi connectivity index (χ3v) is 3.11. The third-order valence-electron chi connectivity index (χ3n) is 2.37. The molecule has 0 aliphatic carbocycles. The smallest absolute Gasteiger partial charge is 0.335 e. The molecule has 19 heavy (non-hydrogen) atoms. The summed E-state index contributed by atoms with van der Waals surface area (Å²) in [5, 5.41) is 16.1. The lowest BCUT2D eigenvalue weighted by atomic mass is 10.2. The molecule has 2 amide bonds. The number of amides is 2. The van der Waals surface area contributed by atoms with E-state index in [1.807, 2.05) is 6.92 Å². The van der Waals surface area contributed by atoms with Gasteiger partial charge in [0.1, 0.15) is 0 Å². The molecule has 1 aromatic carbocycles. The van der Waals surface area contributed by atoms with Crippen LogP contribution in [0.1, 0.15) is 18.9 Å². The zero-order valence-corrected chi connectivity index (χ0v) is 11.9. The van der Waals surface area contributed by atoms with E-state index in [2.05, 4.69) is 15.8 Å². The van der Waals surface area contributed by atoms with Crippen LogP contribution < -0.4 is 10.7 Å². The molecule has 0 heterocycles. The van der Waals surface area contributed by atoms with Crippen molar-refractivity contribution in [1.29, 1.82) is 0 Å². The molecule has 0 aliphatic rings. The first-order valence-corrected chi connectivity index (χ1v) is 6.48. The van der Waals surface area contributed by atoms with Crippen LogP contribution in [0.3, 0.4) is 0 Å². The number of nitrogens with one attached hydrogen (secondary N) is 2. The van der Waals surface area contributed by atoms with Gasteiger partial charge in [0.2, 0.25) is 0 Å². The van der Waals surface area contributed by atoms with E-state index in [0.29, 0.717) is 22.0 Å². The fraction of sp³-hybridized carbons (Fsp3) is 0.333. The number of aliphatic hydroxyl groups excluding tert-OH is 1. The van der Waals surface area contributed by atoms with Crippen LogP contribution in [0.5, 0.6) is 0 Å². The number of halogens is 2. The first-order valence-electron chi connectivity index (χ1n) is 5.72. The number of urea groups is 1. The Bertz CT molecular complexity index is 462. The summed E-state index contributed by atoms with van der Waals surface area (Å²) in [6.07, 6.45) is 2.09. The summed E-state index contributed by atoms with van der Waals surface area (Å²) in [5.74, 6) is 0. The molecule has 0 aliphatic heterocycles. The van der Waals surface area contributed by atoms with Crippen LogP contribution in [0.4, 0.5) is 4.79 Å². The standard InChI is InChI=1S/C12H15Cl2N3O2/c1-2-9(7-18)16-12(19)17-15-6-8-3-4-10(13)11(14)5-8/h3-6,9,18H,2,7H2,1H3,(H2,16,17,19)/b15-6+. The van der Waals surface area contributed by atoms with Gasteiger partial charge in [-0.1, -0.05) is 36.2 Å². The second-order valence-corrected chi connectivity index (χ2v) is 4.62. The predicted molar refractivity (Wildman–Crippen MR) is 76.9 cm³/mol. The fourth-order valence-electron chi connectivity index (χ4n) is 1.25. The highest BCUT2D eigenvalue weighted by molar-refractivity contribution is 6.42. The van der Waals surface area contributed by atoms with Crippen molar-refractivity contribution in [2.45, 2.75) is 19.4 Å². The van der Waals surface area contributed by atoms with Gasteiger partial charge in [0.25, 0.3) is 0 Å². The number of carbonyl (C=O) groups is 1. The van der Waals surface area contributed by atoms with E-state index in [9.17, 15) is 4.79 Å². The SMILES string of the molecule is CCC(CO)NC(=O)N/N=C/c1ccc(Cl)c(Cl)c1. The highest BCUT2D eigenvalue weighted by Crippen LogP contribution is 2.21. The maximum absolute atomic E-state index is 11.4. The van der Waals surface area contributed by atoms with Crippen molar-refractivity contribution in [3.8, 4) is 0 Å². The normalized spacial score (nSPS) is 12.4. The van der Waals surface area contributed by atoms with E-state index in [1.165, 1.54) is 6.21 Å². The minimum atomic E-state index is -0.475. The second-order valence-electron chi connectivity index (χ2n) is 3.80. The van der Waals surface area contributed by atoms with E-state index in [-0.39, 0.29) is 12.6 Å². The summed E-state index contributed by atoms with van der Waals surface area (Å²) >= 11 is 11.6. The maximum Gasteiger partial charge on any atom is 0.335 e. The number of hydrazone groups is 1. The van der Waals surface area contributed by atoms with E-state index in [4.69, 9.17) is 28.3 Å². The molecule has 1 atom stereocenters. The molecular weight excluding hydrogens is 289 g/mol. The zero-order chi connectivity index (χ0) is 14.3. The van der Waals surface area contributed by atoms with E-state index in [0.717, 1.165) is 0 Å². The van der Waals surface area contributed by atoms with Crippen molar-refractivity contribution in [1.82, 2.24) is 10.7 Å². The Morgan fingerprint density at radius 3 is 2.79 bits per heavy atom. The molecule has 0 spiro atoms. The minimum absolute atomic E-state index is 0.111. The van der Waals surface area contributed by atoms with Gasteiger partial charge in [0.05, 0.1) is 28.9 Å². The van der Waals surface area contributed by atoms with E-state index < -0.39 is 6.03 Å². The first kappa shape index (κ1) is 15.8. The van der Waals surface area contributed by atoms with E-state index in [1.54, 1.807) is 18.2 Å². The predicted octanol–water partition coefficient (Wildman–Crippen LogP) is 2.40. The summed E-state index contributed by atoms with van der Waals surface area (Å²) in [6, 6.07) is 4.25. The van der Waals surface area contributed by atoms with Gasteiger partial charge in [-0.25, -0.2) is 10.2 Å². The number of carbonyl (C=O) groups excluding carboxylic acids is 1. The molecule has 104 valence electrons. The fourth-order valence-corrected chi connectivity index (χ4v) is 1.56. The Morgan fingerprint density at radius 2 is 2.21 bits per heavy atom. The third kappa shape index (κ3) is 5.46. The highest BCUT2D eigenvalue weighted by atomic mass is 35.5. The van der Waals surface area contributed by atoms with Gasteiger partial charge in [0, 0.05) is 0 Å². The molecule has 1 unspecified atom stereocenters. The molecule has 0 saturated carbocycles. The van der Waals surface area contributed by atoms with Gasteiger partial charge in [-0.3, -0.25) is 0 Å². The molecule has 0 fully saturated rings. The first-order chi connectivity index (χ1) is 9.06. The van der Waals surface area contributed by atoms with Crippen molar-refractivity contribution in [2.75, 3.05) is 6.61 Å².